The summed E-state index contributed by atoms with van der Waals surface area (Å²) >= 11 is 0. The minimum Gasteiger partial charge on any atom is -0.478 e. The van der Waals surface area contributed by atoms with E-state index in [0.717, 1.165) is 12.1 Å². The van der Waals surface area contributed by atoms with Crippen LogP contribution in [-0.4, -0.2) is 23.7 Å². The molecule has 2 rings (SSSR count). The van der Waals surface area contributed by atoms with Crippen molar-refractivity contribution in [3.8, 4) is 0 Å². The standard InChI is InChI=1S/C15H19NO2/c1-2-13-4-3-11-16(13)14-8-5-12(6-9-14)7-10-15(17)18/h5-10,13H,2-4,11H2,1H3,(H,17,18)/b10-7+. The van der Waals surface area contributed by atoms with E-state index >= 15 is 0 Å². The second-order valence-electron chi connectivity index (χ2n) is 4.66. The average molecular weight is 245 g/mol. The third-order valence-electron chi connectivity index (χ3n) is 3.49. The Morgan fingerprint density at radius 2 is 2.17 bits per heavy atom. The Hall–Kier alpha value is -1.77. The highest BCUT2D eigenvalue weighted by Gasteiger charge is 2.22. The van der Waals surface area contributed by atoms with Crippen LogP contribution < -0.4 is 4.90 Å². The Bertz CT molecular complexity index is 436. The predicted octanol–water partition coefficient (Wildman–Crippen LogP) is 3.16. The van der Waals surface area contributed by atoms with Gasteiger partial charge in [0.15, 0.2) is 0 Å². The number of benzene rings is 1. The smallest absolute Gasteiger partial charge is 0.328 e. The van der Waals surface area contributed by atoms with Crippen molar-refractivity contribution >= 4 is 17.7 Å². The molecule has 0 aliphatic carbocycles. The number of aliphatic carboxylic acids is 1. The maximum absolute atomic E-state index is 10.4. The fourth-order valence-corrected chi connectivity index (χ4v) is 2.54. The number of carboxylic acid groups (broad SMARTS) is 1. The van der Waals surface area contributed by atoms with E-state index in [2.05, 4.69) is 24.0 Å². The van der Waals surface area contributed by atoms with E-state index in [1.807, 2.05) is 12.1 Å². The summed E-state index contributed by atoms with van der Waals surface area (Å²) < 4.78 is 0. The number of carbonyl (C=O) groups is 1. The predicted molar refractivity (Wildman–Crippen MR) is 73.8 cm³/mol. The quantitative estimate of drug-likeness (QED) is 0.828. The van der Waals surface area contributed by atoms with Crippen molar-refractivity contribution in [3.05, 3.63) is 35.9 Å². The van der Waals surface area contributed by atoms with Crippen LogP contribution in [-0.2, 0) is 4.79 Å². The van der Waals surface area contributed by atoms with Crippen LogP contribution >= 0.6 is 0 Å². The largest absolute Gasteiger partial charge is 0.478 e. The molecular formula is C15H19NO2. The van der Waals surface area contributed by atoms with Crippen molar-refractivity contribution in [2.45, 2.75) is 32.2 Å². The molecule has 3 nitrogen and oxygen atoms in total. The van der Waals surface area contributed by atoms with E-state index in [4.69, 9.17) is 5.11 Å². The second kappa shape index (κ2) is 5.71. The highest BCUT2D eigenvalue weighted by Crippen LogP contribution is 2.27. The highest BCUT2D eigenvalue weighted by molar-refractivity contribution is 5.85. The van der Waals surface area contributed by atoms with Crippen molar-refractivity contribution < 1.29 is 9.90 Å². The van der Waals surface area contributed by atoms with Gasteiger partial charge >= 0.3 is 5.97 Å². The third-order valence-corrected chi connectivity index (χ3v) is 3.49. The Morgan fingerprint density at radius 3 is 2.78 bits per heavy atom. The van der Waals surface area contributed by atoms with Gasteiger partial charge in [-0.1, -0.05) is 19.1 Å². The molecule has 0 aromatic heterocycles. The van der Waals surface area contributed by atoms with E-state index in [1.54, 1.807) is 6.08 Å². The first kappa shape index (κ1) is 12.7. The van der Waals surface area contributed by atoms with Crippen LogP contribution in [0, 0.1) is 0 Å². The Labute approximate surface area is 108 Å². The van der Waals surface area contributed by atoms with Crippen LogP contribution in [0.4, 0.5) is 5.69 Å². The van der Waals surface area contributed by atoms with E-state index in [0.29, 0.717) is 6.04 Å². The third kappa shape index (κ3) is 2.92. The molecule has 1 aliphatic heterocycles. The lowest BCUT2D eigenvalue weighted by Gasteiger charge is -2.25. The maximum Gasteiger partial charge on any atom is 0.328 e. The molecule has 0 saturated carbocycles. The minimum atomic E-state index is -0.912. The number of anilines is 1. The molecule has 0 radical (unpaired) electrons. The summed E-state index contributed by atoms with van der Waals surface area (Å²) in [6.45, 7) is 3.36. The minimum absolute atomic E-state index is 0.658. The summed E-state index contributed by atoms with van der Waals surface area (Å²) in [7, 11) is 0. The maximum atomic E-state index is 10.4. The van der Waals surface area contributed by atoms with Crippen LogP contribution in [0.15, 0.2) is 30.3 Å². The monoisotopic (exact) mass is 245 g/mol. The van der Waals surface area contributed by atoms with Crippen molar-refractivity contribution in [1.29, 1.82) is 0 Å². The van der Waals surface area contributed by atoms with E-state index in [9.17, 15) is 4.79 Å². The highest BCUT2D eigenvalue weighted by atomic mass is 16.4. The Balaban J connectivity index is 2.10. The van der Waals surface area contributed by atoms with E-state index < -0.39 is 5.97 Å². The molecule has 1 aromatic carbocycles. The number of carboxylic acids is 1. The molecule has 0 amide bonds. The zero-order valence-corrected chi connectivity index (χ0v) is 10.7. The van der Waals surface area contributed by atoms with Crippen LogP contribution in [0.1, 0.15) is 31.7 Å². The fraction of sp³-hybridized carbons (Fsp3) is 0.400. The van der Waals surface area contributed by atoms with E-state index in [-0.39, 0.29) is 0 Å². The molecule has 1 heterocycles. The number of nitrogens with zero attached hydrogens (tertiary/aromatic N) is 1. The SMILES string of the molecule is CCC1CCCN1c1ccc(/C=C/C(=O)O)cc1. The average Bonchev–Trinajstić information content (AvgIpc) is 2.85. The van der Waals surface area contributed by atoms with Gasteiger partial charge in [-0.2, -0.15) is 0 Å². The topological polar surface area (TPSA) is 40.5 Å². The molecule has 1 fully saturated rings. The molecule has 1 aromatic rings. The fourth-order valence-electron chi connectivity index (χ4n) is 2.54. The Morgan fingerprint density at radius 1 is 1.44 bits per heavy atom. The van der Waals surface area contributed by atoms with Gasteiger partial charge in [0.1, 0.15) is 0 Å². The van der Waals surface area contributed by atoms with Crippen molar-refractivity contribution in [3.63, 3.8) is 0 Å². The van der Waals surface area contributed by atoms with Gasteiger partial charge in [0.25, 0.3) is 0 Å². The molecule has 3 heteroatoms. The van der Waals surface area contributed by atoms with Crippen molar-refractivity contribution in [1.82, 2.24) is 0 Å². The van der Waals surface area contributed by atoms with Crippen LogP contribution in [0.2, 0.25) is 0 Å². The van der Waals surface area contributed by atoms with Gasteiger partial charge in [-0.15, -0.1) is 0 Å². The first-order chi connectivity index (χ1) is 8.70. The normalized spacial score (nSPS) is 19.6. The van der Waals surface area contributed by atoms with Gasteiger partial charge in [0, 0.05) is 24.4 Å². The second-order valence-corrected chi connectivity index (χ2v) is 4.66. The van der Waals surface area contributed by atoms with Gasteiger partial charge < -0.3 is 10.0 Å². The molecule has 0 bridgehead atoms. The van der Waals surface area contributed by atoms with Gasteiger partial charge in [0.05, 0.1) is 0 Å². The lowest BCUT2D eigenvalue weighted by molar-refractivity contribution is -0.131. The summed E-state index contributed by atoms with van der Waals surface area (Å²) in [6.07, 6.45) is 6.50. The molecule has 0 spiro atoms. The first-order valence-corrected chi connectivity index (χ1v) is 6.48. The summed E-state index contributed by atoms with van der Waals surface area (Å²) in [4.78, 5) is 12.9. The zero-order chi connectivity index (χ0) is 13.0. The van der Waals surface area contributed by atoms with Gasteiger partial charge in [-0.05, 0) is 43.0 Å². The van der Waals surface area contributed by atoms with Crippen LogP contribution in [0.3, 0.4) is 0 Å². The first-order valence-electron chi connectivity index (χ1n) is 6.48. The van der Waals surface area contributed by atoms with Crippen LogP contribution in [0.25, 0.3) is 6.08 Å². The molecule has 1 saturated heterocycles. The van der Waals surface area contributed by atoms with Gasteiger partial charge in [-0.3, -0.25) is 0 Å². The number of rotatable bonds is 4. The molecule has 1 aliphatic rings. The molecule has 18 heavy (non-hydrogen) atoms. The van der Waals surface area contributed by atoms with Gasteiger partial charge in [0.2, 0.25) is 0 Å². The molecule has 1 atom stereocenters. The number of hydrogen-bond acceptors (Lipinski definition) is 2. The zero-order valence-electron chi connectivity index (χ0n) is 10.7. The number of hydrogen-bond donors (Lipinski definition) is 1. The van der Waals surface area contributed by atoms with Crippen molar-refractivity contribution in [2.24, 2.45) is 0 Å². The summed E-state index contributed by atoms with van der Waals surface area (Å²) in [5, 5.41) is 8.57. The van der Waals surface area contributed by atoms with E-state index in [1.165, 1.54) is 31.0 Å². The summed E-state index contributed by atoms with van der Waals surface area (Å²) in [5.74, 6) is -0.912. The molecule has 1 N–H and O–H groups in total. The lowest BCUT2D eigenvalue weighted by atomic mass is 10.1. The van der Waals surface area contributed by atoms with Gasteiger partial charge in [-0.25, -0.2) is 4.79 Å². The molecule has 96 valence electrons. The lowest BCUT2D eigenvalue weighted by Crippen LogP contribution is -2.28. The Kier molecular flexibility index (Phi) is 4.03. The van der Waals surface area contributed by atoms with Crippen LogP contribution in [0.5, 0.6) is 0 Å². The molecular weight excluding hydrogens is 226 g/mol. The summed E-state index contributed by atoms with van der Waals surface area (Å²) in [5.41, 5.74) is 2.17. The summed E-state index contributed by atoms with van der Waals surface area (Å²) in [6, 6.07) is 8.76. The van der Waals surface area contributed by atoms with Crippen molar-refractivity contribution in [2.75, 3.05) is 11.4 Å². The molecule has 1 unspecified atom stereocenters.